The maximum Gasteiger partial charge on any atom is 0.213 e. The predicted octanol–water partition coefficient (Wildman–Crippen LogP) is 13.7. The van der Waals surface area contributed by atoms with Gasteiger partial charge in [-0.2, -0.15) is 0 Å². The molecule has 8 aromatic carbocycles. The Kier molecular flexibility index (Phi) is 6.22. The monoisotopic (exact) mass is 666 g/mol. The van der Waals surface area contributed by atoms with Crippen LogP contribution in [0.2, 0.25) is 0 Å². The van der Waals surface area contributed by atoms with Crippen molar-refractivity contribution >= 4 is 82.7 Å². The van der Waals surface area contributed by atoms with Crippen LogP contribution in [0.15, 0.2) is 191 Å². The number of para-hydroxylation sites is 3. The van der Waals surface area contributed by atoms with E-state index in [2.05, 4.69) is 173 Å². The Hall–Kier alpha value is -7.04. The van der Waals surface area contributed by atoms with E-state index in [4.69, 9.17) is 8.83 Å². The molecule has 0 fully saturated rings. The molecule has 0 saturated carbocycles. The summed E-state index contributed by atoms with van der Waals surface area (Å²) < 4.78 is 15.6. The highest BCUT2D eigenvalue weighted by Crippen LogP contribution is 2.45. The zero-order valence-electron chi connectivity index (χ0n) is 28.0. The van der Waals surface area contributed by atoms with E-state index in [-0.39, 0.29) is 0 Å². The molecule has 0 atom stereocenters. The highest BCUT2D eigenvalue weighted by Gasteiger charge is 2.24. The Morgan fingerprint density at radius 1 is 0.423 bits per heavy atom. The van der Waals surface area contributed by atoms with E-state index in [1.54, 1.807) is 0 Å². The van der Waals surface area contributed by atoms with Crippen LogP contribution in [-0.2, 0) is 0 Å². The highest BCUT2D eigenvalue weighted by atomic mass is 16.3. The molecule has 0 amide bonds. The van der Waals surface area contributed by atoms with E-state index in [0.29, 0.717) is 0 Å². The third kappa shape index (κ3) is 4.34. The first-order valence-corrected chi connectivity index (χ1v) is 17.6. The second kappa shape index (κ2) is 11.2. The predicted molar refractivity (Wildman–Crippen MR) is 215 cm³/mol. The molecule has 4 heteroatoms. The Balaban J connectivity index is 1.19. The van der Waals surface area contributed by atoms with Crippen molar-refractivity contribution in [1.82, 2.24) is 4.57 Å². The van der Waals surface area contributed by atoms with E-state index in [0.717, 1.165) is 77.7 Å². The van der Waals surface area contributed by atoms with Crippen LogP contribution in [0.25, 0.3) is 82.5 Å². The lowest BCUT2D eigenvalue weighted by Gasteiger charge is -2.26. The van der Waals surface area contributed by atoms with Gasteiger partial charge in [-0.3, -0.25) is 4.57 Å². The third-order valence-electron chi connectivity index (χ3n) is 10.4. The molecular formula is C48H30N2O2. The largest absolute Gasteiger partial charge is 0.454 e. The van der Waals surface area contributed by atoms with Gasteiger partial charge in [-0.15, -0.1) is 0 Å². The molecule has 11 aromatic rings. The van der Waals surface area contributed by atoms with Gasteiger partial charge in [-0.1, -0.05) is 121 Å². The number of furan rings is 2. The maximum absolute atomic E-state index is 6.69. The zero-order chi connectivity index (χ0) is 34.2. The molecule has 0 saturated heterocycles. The molecule has 0 N–H and O–H groups in total. The molecule has 0 aliphatic carbocycles. The van der Waals surface area contributed by atoms with Crippen molar-refractivity contribution in [3.8, 4) is 16.8 Å². The molecule has 0 bridgehead atoms. The first kappa shape index (κ1) is 28.8. The molecule has 0 aliphatic heterocycles. The number of aromatic nitrogens is 1. The summed E-state index contributed by atoms with van der Waals surface area (Å²) in [6.07, 6.45) is 0. The lowest BCUT2D eigenvalue weighted by atomic mass is 10.0. The number of nitrogens with zero attached hydrogens (tertiary/aromatic N) is 2. The first-order valence-electron chi connectivity index (χ1n) is 17.6. The standard InChI is InChI=1S/C48H30N2O2/c1-2-11-31(12-3-1)33-21-24-35(25-22-33)49(42-18-10-17-39-38-15-6-8-19-44(38)51-47(39)42)37-27-28-40-43(30-37)50(36-26-23-32-13-4-5-14-34(32)29-36)48-46(40)41-16-7-9-20-45(41)52-48/h1-30H. The van der Waals surface area contributed by atoms with Crippen molar-refractivity contribution in [2.24, 2.45) is 0 Å². The summed E-state index contributed by atoms with van der Waals surface area (Å²) in [6, 6.07) is 64.2. The van der Waals surface area contributed by atoms with Gasteiger partial charge in [-0.25, -0.2) is 0 Å². The summed E-state index contributed by atoms with van der Waals surface area (Å²) >= 11 is 0. The zero-order valence-corrected chi connectivity index (χ0v) is 28.0. The Morgan fingerprint density at radius 3 is 1.94 bits per heavy atom. The normalized spacial score (nSPS) is 11.8. The van der Waals surface area contributed by atoms with Crippen LogP contribution in [0, 0.1) is 0 Å². The Morgan fingerprint density at radius 2 is 1.10 bits per heavy atom. The highest BCUT2D eigenvalue weighted by molar-refractivity contribution is 6.20. The molecule has 0 spiro atoms. The number of rotatable bonds is 5. The lowest BCUT2D eigenvalue weighted by Crippen LogP contribution is -2.10. The van der Waals surface area contributed by atoms with Crippen molar-refractivity contribution in [3.05, 3.63) is 182 Å². The maximum atomic E-state index is 6.69. The van der Waals surface area contributed by atoms with Crippen LogP contribution < -0.4 is 4.90 Å². The molecule has 0 aliphatic rings. The summed E-state index contributed by atoms with van der Waals surface area (Å²) in [5, 5.41) is 7.93. The fourth-order valence-corrected chi connectivity index (χ4v) is 7.96. The number of benzene rings is 8. The second-order valence-electron chi connectivity index (χ2n) is 13.3. The van der Waals surface area contributed by atoms with Gasteiger partial charge in [0.25, 0.3) is 0 Å². The van der Waals surface area contributed by atoms with Crippen molar-refractivity contribution in [3.63, 3.8) is 0 Å². The minimum Gasteiger partial charge on any atom is -0.454 e. The molecule has 0 unspecified atom stereocenters. The average Bonchev–Trinajstić information content (AvgIpc) is 3.87. The van der Waals surface area contributed by atoms with E-state index >= 15 is 0 Å². The minimum atomic E-state index is 0.835. The SMILES string of the molecule is c1ccc(-c2ccc(N(c3ccc4c5c6ccccc6oc5n(-c5ccc6ccccc6c5)c4c3)c3cccc4c3oc3ccccc34)cc2)cc1. The van der Waals surface area contributed by atoms with Gasteiger partial charge < -0.3 is 13.7 Å². The Bertz CT molecular complexity index is 3130. The lowest BCUT2D eigenvalue weighted by molar-refractivity contribution is 0.645. The molecule has 244 valence electrons. The van der Waals surface area contributed by atoms with Crippen LogP contribution >= 0.6 is 0 Å². The van der Waals surface area contributed by atoms with Gasteiger partial charge in [0.15, 0.2) is 5.58 Å². The fraction of sp³-hybridized carbons (Fsp3) is 0. The molecule has 11 rings (SSSR count). The van der Waals surface area contributed by atoms with Gasteiger partial charge in [0.1, 0.15) is 11.2 Å². The summed E-state index contributed by atoms with van der Waals surface area (Å²) in [4.78, 5) is 2.32. The van der Waals surface area contributed by atoms with Crippen molar-refractivity contribution in [1.29, 1.82) is 0 Å². The number of hydrogen-bond donors (Lipinski definition) is 0. The van der Waals surface area contributed by atoms with Crippen LogP contribution in [0.5, 0.6) is 0 Å². The molecular weight excluding hydrogens is 637 g/mol. The summed E-state index contributed by atoms with van der Waals surface area (Å²) in [6.45, 7) is 0. The minimum absolute atomic E-state index is 0.835. The molecule has 4 nitrogen and oxygen atoms in total. The van der Waals surface area contributed by atoms with E-state index in [1.807, 2.05) is 18.2 Å². The van der Waals surface area contributed by atoms with Gasteiger partial charge in [-0.05, 0) is 82.6 Å². The molecule has 3 heterocycles. The van der Waals surface area contributed by atoms with E-state index in [9.17, 15) is 0 Å². The molecule has 3 aromatic heterocycles. The smallest absolute Gasteiger partial charge is 0.213 e. The number of fused-ring (bicyclic) bond motifs is 9. The van der Waals surface area contributed by atoms with E-state index in [1.165, 1.54) is 21.9 Å². The Labute approximate surface area is 299 Å². The van der Waals surface area contributed by atoms with Crippen LogP contribution in [0.4, 0.5) is 17.1 Å². The van der Waals surface area contributed by atoms with Crippen LogP contribution in [0.3, 0.4) is 0 Å². The van der Waals surface area contributed by atoms with Crippen molar-refractivity contribution in [2.45, 2.75) is 0 Å². The number of hydrogen-bond acceptors (Lipinski definition) is 3. The van der Waals surface area contributed by atoms with Gasteiger partial charge >= 0.3 is 0 Å². The van der Waals surface area contributed by atoms with Crippen molar-refractivity contribution in [2.75, 3.05) is 4.90 Å². The van der Waals surface area contributed by atoms with Gasteiger partial charge in [0, 0.05) is 38.6 Å². The number of anilines is 3. The average molecular weight is 667 g/mol. The van der Waals surface area contributed by atoms with Crippen molar-refractivity contribution < 1.29 is 8.83 Å². The quantitative estimate of drug-likeness (QED) is 0.183. The second-order valence-corrected chi connectivity index (χ2v) is 13.3. The third-order valence-corrected chi connectivity index (χ3v) is 10.4. The fourth-order valence-electron chi connectivity index (χ4n) is 7.96. The topological polar surface area (TPSA) is 34.5 Å². The summed E-state index contributed by atoms with van der Waals surface area (Å²) in [5.41, 5.74) is 10.9. The van der Waals surface area contributed by atoms with Gasteiger partial charge in [0.2, 0.25) is 5.71 Å². The van der Waals surface area contributed by atoms with Crippen LogP contribution in [-0.4, -0.2) is 4.57 Å². The summed E-state index contributed by atoms with van der Waals surface area (Å²) in [5.74, 6) is 0. The van der Waals surface area contributed by atoms with E-state index < -0.39 is 0 Å². The summed E-state index contributed by atoms with van der Waals surface area (Å²) in [7, 11) is 0. The van der Waals surface area contributed by atoms with Gasteiger partial charge in [0.05, 0.1) is 16.6 Å². The molecule has 0 radical (unpaired) electrons. The molecule has 52 heavy (non-hydrogen) atoms. The van der Waals surface area contributed by atoms with Crippen LogP contribution in [0.1, 0.15) is 0 Å². The first-order chi connectivity index (χ1) is 25.8.